The van der Waals surface area contributed by atoms with Crippen LogP contribution in [0.5, 0.6) is 5.75 Å². The third-order valence-corrected chi connectivity index (χ3v) is 3.51. The second-order valence-corrected chi connectivity index (χ2v) is 5.17. The van der Waals surface area contributed by atoms with Crippen LogP contribution in [0.25, 0.3) is 11.6 Å². The number of carbonyl (C=O) groups is 2. The molecule has 0 saturated carbocycles. The summed E-state index contributed by atoms with van der Waals surface area (Å²) in [5.41, 5.74) is 1.72. The Hall–Kier alpha value is -3.08. The number of rotatable bonds is 6. The van der Waals surface area contributed by atoms with Gasteiger partial charge in [0.2, 0.25) is 0 Å². The van der Waals surface area contributed by atoms with Gasteiger partial charge in [-0.15, -0.1) is 0 Å². The molecular formula is C19H18O5. The van der Waals surface area contributed by atoms with Crippen LogP contribution in [0.15, 0.2) is 42.5 Å². The maximum absolute atomic E-state index is 11.7. The molecule has 0 aliphatic heterocycles. The molecule has 0 aliphatic carbocycles. The van der Waals surface area contributed by atoms with E-state index in [0.717, 1.165) is 5.56 Å². The second-order valence-electron chi connectivity index (χ2n) is 5.17. The van der Waals surface area contributed by atoms with Gasteiger partial charge in [0.05, 0.1) is 17.7 Å². The van der Waals surface area contributed by atoms with E-state index in [0.29, 0.717) is 23.5 Å². The zero-order chi connectivity index (χ0) is 17.7. The number of benzene rings is 2. The molecule has 0 heterocycles. The van der Waals surface area contributed by atoms with E-state index in [9.17, 15) is 19.8 Å². The molecule has 0 saturated heterocycles. The molecule has 0 aromatic heterocycles. The van der Waals surface area contributed by atoms with Crippen LogP contribution in [-0.4, -0.2) is 28.8 Å². The molecule has 2 rings (SSSR count). The molecule has 0 atom stereocenters. The molecule has 0 amide bonds. The van der Waals surface area contributed by atoms with Gasteiger partial charge in [0, 0.05) is 0 Å². The fourth-order valence-electron chi connectivity index (χ4n) is 2.38. The molecule has 0 radical (unpaired) electrons. The van der Waals surface area contributed by atoms with Gasteiger partial charge in [-0.3, -0.25) is 0 Å². The van der Waals surface area contributed by atoms with Gasteiger partial charge in [-0.05, 0) is 54.8 Å². The number of hydrogen-bond donors (Lipinski definition) is 2. The van der Waals surface area contributed by atoms with E-state index in [4.69, 9.17) is 4.74 Å². The summed E-state index contributed by atoms with van der Waals surface area (Å²) in [6.45, 7) is 4.23. The molecule has 2 N–H and O–H groups in total. The van der Waals surface area contributed by atoms with Crippen molar-refractivity contribution in [2.24, 2.45) is 0 Å². The Bertz CT molecular complexity index is 805. The Morgan fingerprint density at radius 1 is 1.12 bits per heavy atom. The lowest BCUT2D eigenvalue weighted by molar-refractivity contribution is -0.130. The van der Waals surface area contributed by atoms with Gasteiger partial charge in [0.15, 0.2) is 0 Å². The maximum Gasteiger partial charge on any atom is 0.336 e. The van der Waals surface area contributed by atoms with Crippen molar-refractivity contribution >= 4 is 23.6 Å². The fourth-order valence-corrected chi connectivity index (χ4v) is 2.38. The number of aromatic carboxylic acids is 1. The van der Waals surface area contributed by atoms with Crippen LogP contribution in [0.1, 0.15) is 34.0 Å². The Morgan fingerprint density at radius 3 is 2.42 bits per heavy atom. The van der Waals surface area contributed by atoms with Crippen molar-refractivity contribution in [2.75, 3.05) is 6.61 Å². The molecule has 2 aromatic carbocycles. The van der Waals surface area contributed by atoms with E-state index in [2.05, 4.69) is 0 Å². The van der Waals surface area contributed by atoms with E-state index in [1.165, 1.54) is 12.1 Å². The monoisotopic (exact) mass is 326 g/mol. The van der Waals surface area contributed by atoms with Crippen molar-refractivity contribution in [1.82, 2.24) is 0 Å². The molecule has 2 aromatic rings. The first kappa shape index (κ1) is 17.3. The largest absolute Gasteiger partial charge is 0.494 e. The zero-order valence-corrected chi connectivity index (χ0v) is 13.4. The first-order chi connectivity index (χ1) is 11.4. The van der Waals surface area contributed by atoms with E-state index >= 15 is 0 Å². The molecule has 0 unspecified atom stereocenters. The lowest BCUT2D eigenvalue weighted by atomic mass is 9.98. The summed E-state index contributed by atoms with van der Waals surface area (Å²) in [4.78, 5) is 22.9. The minimum atomic E-state index is -1.13. The number of carboxylic acids is 2. The SMILES string of the molecule is CCOc1ccc(/C(=C/c2ccccc2C(=O)O)C(=O)O)cc1C. The Balaban J connectivity index is 2.53. The molecule has 0 bridgehead atoms. The summed E-state index contributed by atoms with van der Waals surface area (Å²) in [6.07, 6.45) is 1.38. The zero-order valence-electron chi connectivity index (χ0n) is 13.4. The number of carboxylic acid groups (broad SMARTS) is 2. The molecule has 0 spiro atoms. The Morgan fingerprint density at radius 2 is 1.83 bits per heavy atom. The van der Waals surface area contributed by atoms with Gasteiger partial charge < -0.3 is 14.9 Å². The maximum atomic E-state index is 11.7. The summed E-state index contributed by atoms with van der Waals surface area (Å²) >= 11 is 0. The molecule has 0 fully saturated rings. The first-order valence-electron chi connectivity index (χ1n) is 7.45. The minimum Gasteiger partial charge on any atom is -0.494 e. The number of hydrogen-bond acceptors (Lipinski definition) is 3. The summed E-state index contributed by atoms with van der Waals surface area (Å²) in [5.74, 6) is -1.54. The average molecular weight is 326 g/mol. The van der Waals surface area contributed by atoms with Crippen molar-refractivity contribution in [3.8, 4) is 5.75 Å². The Labute approximate surface area is 139 Å². The third kappa shape index (κ3) is 3.81. The van der Waals surface area contributed by atoms with Crippen LogP contribution in [0, 0.1) is 6.92 Å². The van der Waals surface area contributed by atoms with E-state index in [1.54, 1.807) is 36.4 Å². The van der Waals surface area contributed by atoms with Crippen LogP contribution in [0.3, 0.4) is 0 Å². The van der Waals surface area contributed by atoms with Gasteiger partial charge in [-0.2, -0.15) is 0 Å². The fraction of sp³-hybridized carbons (Fsp3) is 0.158. The van der Waals surface area contributed by atoms with Crippen LogP contribution >= 0.6 is 0 Å². The highest BCUT2D eigenvalue weighted by molar-refractivity contribution is 6.21. The first-order valence-corrected chi connectivity index (χ1v) is 7.45. The predicted octanol–water partition coefficient (Wildman–Crippen LogP) is 3.72. The number of aliphatic carboxylic acids is 1. The van der Waals surface area contributed by atoms with Crippen molar-refractivity contribution in [3.63, 3.8) is 0 Å². The normalized spacial score (nSPS) is 11.2. The molecular weight excluding hydrogens is 308 g/mol. The molecule has 124 valence electrons. The summed E-state index contributed by atoms with van der Waals surface area (Å²) in [6, 6.07) is 11.4. The van der Waals surface area contributed by atoms with E-state index < -0.39 is 11.9 Å². The van der Waals surface area contributed by atoms with Crippen LogP contribution in [0.2, 0.25) is 0 Å². The lowest BCUT2D eigenvalue weighted by Gasteiger charge is -2.10. The van der Waals surface area contributed by atoms with Gasteiger partial charge >= 0.3 is 11.9 Å². The lowest BCUT2D eigenvalue weighted by Crippen LogP contribution is -2.03. The topological polar surface area (TPSA) is 83.8 Å². The van der Waals surface area contributed by atoms with Crippen molar-refractivity contribution < 1.29 is 24.5 Å². The van der Waals surface area contributed by atoms with Crippen molar-refractivity contribution in [3.05, 3.63) is 64.7 Å². The quantitative estimate of drug-likeness (QED) is 0.624. The van der Waals surface area contributed by atoms with Gasteiger partial charge in [-0.1, -0.05) is 24.3 Å². The van der Waals surface area contributed by atoms with Gasteiger partial charge in [-0.25, -0.2) is 9.59 Å². The highest BCUT2D eigenvalue weighted by Crippen LogP contribution is 2.26. The molecule has 0 aliphatic rings. The van der Waals surface area contributed by atoms with Crippen LogP contribution < -0.4 is 4.74 Å². The van der Waals surface area contributed by atoms with E-state index in [-0.39, 0.29) is 11.1 Å². The summed E-state index contributed by atoms with van der Waals surface area (Å²) < 4.78 is 5.46. The average Bonchev–Trinajstić information content (AvgIpc) is 2.54. The van der Waals surface area contributed by atoms with Crippen LogP contribution in [-0.2, 0) is 4.79 Å². The van der Waals surface area contributed by atoms with Crippen molar-refractivity contribution in [2.45, 2.75) is 13.8 Å². The van der Waals surface area contributed by atoms with E-state index in [1.807, 2.05) is 13.8 Å². The second kappa shape index (κ2) is 7.46. The highest BCUT2D eigenvalue weighted by Gasteiger charge is 2.15. The van der Waals surface area contributed by atoms with Gasteiger partial charge in [0.25, 0.3) is 0 Å². The summed E-state index contributed by atoms with van der Waals surface area (Å²) in [7, 11) is 0. The summed E-state index contributed by atoms with van der Waals surface area (Å²) in [5, 5.41) is 18.8. The number of aryl methyl sites for hydroxylation is 1. The molecule has 5 heteroatoms. The van der Waals surface area contributed by atoms with Gasteiger partial charge in [0.1, 0.15) is 5.75 Å². The third-order valence-electron chi connectivity index (χ3n) is 3.51. The Kier molecular flexibility index (Phi) is 5.37. The molecule has 24 heavy (non-hydrogen) atoms. The highest BCUT2D eigenvalue weighted by atomic mass is 16.5. The van der Waals surface area contributed by atoms with Crippen molar-refractivity contribution in [1.29, 1.82) is 0 Å². The van der Waals surface area contributed by atoms with Crippen LogP contribution in [0.4, 0.5) is 0 Å². The minimum absolute atomic E-state index is 0.0230. The standard InChI is InChI=1S/C19H18O5/c1-3-24-17-9-8-14(10-12(17)2)16(19(22)23)11-13-6-4-5-7-15(13)18(20)21/h4-11H,3H2,1-2H3,(H,20,21)(H,22,23)/b16-11-. The number of ether oxygens (including phenoxy) is 1. The smallest absolute Gasteiger partial charge is 0.336 e. The predicted molar refractivity (Wildman–Crippen MR) is 91.3 cm³/mol. The molecule has 5 nitrogen and oxygen atoms in total.